The van der Waals surface area contributed by atoms with E-state index in [1.807, 2.05) is 0 Å². The van der Waals surface area contributed by atoms with Gasteiger partial charge in [0.2, 0.25) is 0 Å². The van der Waals surface area contributed by atoms with E-state index < -0.39 is 17.5 Å². The Kier molecular flexibility index (Phi) is 3.55. The first-order valence-corrected chi connectivity index (χ1v) is 7.25. The Hall–Kier alpha value is -1.72. The molecule has 1 amide bonds. The van der Waals surface area contributed by atoms with Crippen molar-refractivity contribution in [3.05, 3.63) is 62.8 Å². The average molecular weight is 369 g/mol. The Morgan fingerprint density at radius 2 is 1.95 bits per heavy atom. The van der Waals surface area contributed by atoms with E-state index in [0.717, 1.165) is 0 Å². The topological polar surface area (TPSA) is 37.4 Å². The number of benzene rings is 2. The number of nitrogens with zero attached hydrogens (tertiary/aromatic N) is 1. The fraction of sp³-hybridized carbons (Fsp3) is 0.0667. The molecule has 0 unspecified atom stereocenters. The molecule has 21 heavy (non-hydrogen) atoms. The van der Waals surface area contributed by atoms with Crippen LogP contribution in [0.5, 0.6) is 0 Å². The summed E-state index contributed by atoms with van der Waals surface area (Å²) >= 11 is 9.29. The third kappa shape index (κ3) is 2.36. The van der Waals surface area contributed by atoms with Gasteiger partial charge in [-0.05, 0) is 51.8 Å². The fourth-order valence-corrected chi connectivity index (χ4v) is 3.01. The van der Waals surface area contributed by atoms with Gasteiger partial charge in [-0.15, -0.1) is 0 Å². The number of fused-ring (bicyclic) bond motifs is 1. The molecular weight excluding hydrogens is 361 g/mol. The molecule has 0 fully saturated rings. The van der Waals surface area contributed by atoms with E-state index in [-0.39, 0.29) is 6.54 Å². The van der Waals surface area contributed by atoms with Gasteiger partial charge in [0.25, 0.3) is 11.7 Å². The number of rotatable bonds is 2. The Morgan fingerprint density at radius 1 is 1.19 bits per heavy atom. The number of ketones is 1. The van der Waals surface area contributed by atoms with Gasteiger partial charge in [-0.1, -0.05) is 17.7 Å². The molecule has 0 N–H and O–H groups in total. The van der Waals surface area contributed by atoms with Gasteiger partial charge in [0.05, 0.1) is 17.8 Å². The van der Waals surface area contributed by atoms with Gasteiger partial charge in [-0.3, -0.25) is 9.59 Å². The van der Waals surface area contributed by atoms with Crippen molar-refractivity contribution >= 4 is 44.9 Å². The van der Waals surface area contributed by atoms with Crippen LogP contribution in [0.25, 0.3) is 0 Å². The lowest BCUT2D eigenvalue weighted by Gasteiger charge is -2.17. The Bertz CT molecular complexity index is 778. The first-order chi connectivity index (χ1) is 9.99. The summed E-state index contributed by atoms with van der Waals surface area (Å²) in [4.78, 5) is 25.5. The second-order valence-electron chi connectivity index (χ2n) is 4.59. The zero-order valence-corrected chi connectivity index (χ0v) is 12.9. The van der Waals surface area contributed by atoms with Crippen LogP contribution in [-0.4, -0.2) is 11.7 Å². The average Bonchev–Trinajstić information content (AvgIpc) is 2.69. The molecule has 0 aromatic heterocycles. The summed E-state index contributed by atoms with van der Waals surface area (Å²) in [6.45, 7) is 0.0462. The van der Waals surface area contributed by atoms with Gasteiger partial charge in [0.1, 0.15) is 5.82 Å². The van der Waals surface area contributed by atoms with Gasteiger partial charge >= 0.3 is 0 Å². The van der Waals surface area contributed by atoms with Crippen LogP contribution in [0.1, 0.15) is 15.9 Å². The van der Waals surface area contributed by atoms with E-state index >= 15 is 0 Å². The lowest BCUT2D eigenvalue weighted by atomic mass is 10.1. The highest BCUT2D eigenvalue weighted by Crippen LogP contribution is 2.35. The van der Waals surface area contributed by atoms with Crippen LogP contribution in [0.4, 0.5) is 10.1 Å². The molecule has 0 spiro atoms. The first-order valence-electron chi connectivity index (χ1n) is 6.07. The molecule has 0 atom stereocenters. The van der Waals surface area contributed by atoms with Crippen LogP contribution in [0.3, 0.4) is 0 Å². The largest absolute Gasteiger partial charge is 0.300 e. The molecule has 3 nitrogen and oxygen atoms in total. The van der Waals surface area contributed by atoms with E-state index in [9.17, 15) is 14.0 Å². The van der Waals surface area contributed by atoms with E-state index in [4.69, 9.17) is 11.6 Å². The number of hydrogen-bond donors (Lipinski definition) is 0. The summed E-state index contributed by atoms with van der Waals surface area (Å²) in [5.41, 5.74) is 1.28. The lowest BCUT2D eigenvalue weighted by molar-refractivity contribution is -0.114. The predicted octanol–water partition coefficient (Wildman–Crippen LogP) is 3.97. The van der Waals surface area contributed by atoms with Gasteiger partial charge < -0.3 is 4.90 Å². The van der Waals surface area contributed by atoms with Crippen LogP contribution in [-0.2, 0) is 11.3 Å². The Labute approximate surface area is 133 Å². The zero-order chi connectivity index (χ0) is 15.1. The Morgan fingerprint density at radius 3 is 2.71 bits per heavy atom. The molecule has 1 aliphatic rings. The Balaban J connectivity index is 2.05. The van der Waals surface area contributed by atoms with E-state index in [1.165, 1.54) is 23.1 Å². The van der Waals surface area contributed by atoms with Crippen LogP contribution in [0.15, 0.2) is 40.9 Å². The van der Waals surface area contributed by atoms with Gasteiger partial charge in [-0.25, -0.2) is 4.39 Å². The number of halogens is 3. The molecule has 0 saturated heterocycles. The first kappa shape index (κ1) is 14.2. The number of anilines is 1. The van der Waals surface area contributed by atoms with Crippen LogP contribution >= 0.6 is 27.5 Å². The predicted molar refractivity (Wildman–Crippen MR) is 81.1 cm³/mol. The normalized spacial score (nSPS) is 13.8. The van der Waals surface area contributed by atoms with Crippen molar-refractivity contribution in [3.8, 4) is 0 Å². The summed E-state index contributed by atoms with van der Waals surface area (Å²) in [5, 5.41) is 0.347. The monoisotopic (exact) mass is 367 g/mol. The lowest BCUT2D eigenvalue weighted by Crippen LogP contribution is -2.29. The van der Waals surface area contributed by atoms with Crippen LogP contribution in [0.2, 0.25) is 5.02 Å². The highest BCUT2D eigenvalue weighted by atomic mass is 79.9. The summed E-state index contributed by atoms with van der Waals surface area (Å²) in [5.74, 6) is -1.66. The highest BCUT2D eigenvalue weighted by molar-refractivity contribution is 9.10. The molecule has 3 rings (SSSR count). The second-order valence-corrected chi connectivity index (χ2v) is 5.85. The number of hydrogen-bond acceptors (Lipinski definition) is 2. The van der Waals surface area contributed by atoms with Gasteiger partial charge in [0, 0.05) is 9.50 Å². The van der Waals surface area contributed by atoms with Crippen LogP contribution < -0.4 is 4.90 Å². The maximum absolute atomic E-state index is 13.3. The standard InChI is InChI=1S/C15H8BrClFNO2/c16-10-2-1-3-12-13(10)14(20)15(21)19(12)7-8-6-9(18)4-5-11(8)17/h1-6H,7H2. The minimum Gasteiger partial charge on any atom is -0.300 e. The minimum atomic E-state index is -0.641. The zero-order valence-electron chi connectivity index (χ0n) is 10.6. The van der Waals surface area contributed by atoms with Crippen molar-refractivity contribution in [1.82, 2.24) is 0 Å². The molecule has 0 aliphatic carbocycles. The van der Waals surface area contributed by atoms with Crippen molar-refractivity contribution in [1.29, 1.82) is 0 Å². The molecule has 1 aliphatic heterocycles. The maximum Gasteiger partial charge on any atom is 0.299 e. The number of amides is 1. The van der Waals surface area contributed by atoms with Gasteiger partial charge in [0.15, 0.2) is 0 Å². The molecule has 0 bridgehead atoms. The van der Waals surface area contributed by atoms with E-state index in [0.29, 0.717) is 26.3 Å². The van der Waals surface area contributed by atoms with Crippen molar-refractivity contribution in [2.24, 2.45) is 0 Å². The smallest absolute Gasteiger partial charge is 0.299 e. The molecule has 0 radical (unpaired) electrons. The maximum atomic E-state index is 13.3. The summed E-state index contributed by atoms with van der Waals surface area (Å²) in [6.07, 6.45) is 0. The minimum absolute atomic E-state index is 0.0462. The van der Waals surface area contributed by atoms with Crippen molar-refractivity contribution < 1.29 is 14.0 Å². The fourth-order valence-electron chi connectivity index (χ4n) is 2.29. The summed E-state index contributed by atoms with van der Waals surface area (Å²) < 4.78 is 13.9. The quantitative estimate of drug-likeness (QED) is 0.752. The molecule has 1 heterocycles. The van der Waals surface area contributed by atoms with Crippen molar-refractivity contribution in [3.63, 3.8) is 0 Å². The van der Waals surface area contributed by atoms with Gasteiger partial charge in [-0.2, -0.15) is 0 Å². The molecule has 0 saturated carbocycles. The number of carbonyl (C=O) groups is 2. The number of carbonyl (C=O) groups excluding carboxylic acids is 2. The molecule has 6 heteroatoms. The van der Waals surface area contributed by atoms with E-state index in [2.05, 4.69) is 15.9 Å². The number of Topliss-reactive ketones (excluding diaryl/α,β-unsaturated/α-hetero) is 1. The second kappa shape index (κ2) is 5.24. The molecule has 106 valence electrons. The summed E-state index contributed by atoms with van der Waals surface area (Å²) in [7, 11) is 0. The molecule has 2 aromatic carbocycles. The van der Waals surface area contributed by atoms with Crippen molar-refractivity contribution in [2.75, 3.05) is 4.90 Å². The SMILES string of the molecule is O=C1C(=O)N(Cc2cc(F)ccc2Cl)c2cccc(Br)c21. The highest BCUT2D eigenvalue weighted by Gasteiger charge is 2.37. The third-order valence-electron chi connectivity index (χ3n) is 3.29. The molecular formula is C15H8BrClFNO2. The summed E-state index contributed by atoms with van der Waals surface area (Å²) in [6, 6.07) is 9.04. The van der Waals surface area contributed by atoms with Crippen LogP contribution in [0, 0.1) is 5.82 Å². The third-order valence-corrected chi connectivity index (χ3v) is 4.31. The van der Waals surface area contributed by atoms with E-state index in [1.54, 1.807) is 18.2 Å². The van der Waals surface area contributed by atoms with Crippen molar-refractivity contribution in [2.45, 2.75) is 6.54 Å². The molecule has 2 aromatic rings.